The predicted molar refractivity (Wildman–Crippen MR) is 63.0 cm³/mol. The lowest BCUT2D eigenvalue weighted by molar-refractivity contribution is 0.230. The van der Waals surface area contributed by atoms with Crippen LogP contribution in [0.25, 0.3) is 0 Å². The largest absolute Gasteiger partial charge is 0.491 e. The van der Waals surface area contributed by atoms with Crippen molar-refractivity contribution in [2.75, 3.05) is 26.0 Å². The van der Waals surface area contributed by atoms with Crippen molar-refractivity contribution < 1.29 is 9.53 Å². The molecule has 4 heteroatoms. The summed E-state index contributed by atoms with van der Waals surface area (Å²) in [6, 6.07) is 5.71. The molecule has 0 fully saturated rings. The van der Waals surface area contributed by atoms with Crippen molar-refractivity contribution >= 4 is 11.7 Å². The van der Waals surface area contributed by atoms with Gasteiger partial charge in [-0.2, -0.15) is 0 Å². The number of rotatable bonds is 1. The summed E-state index contributed by atoms with van der Waals surface area (Å²) < 4.78 is 5.60. The third-order valence-corrected chi connectivity index (χ3v) is 2.58. The van der Waals surface area contributed by atoms with E-state index in [9.17, 15) is 4.79 Å². The van der Waals surface area contributed by atoms with Gasteiger partial charge in [-0.1, -0.05) is 12.1 Å². The van der Waals surface area contributed by atoms with E-state index >= 15 is 0 Å². The van der Waals surface area contributed by atoms with Crippen molar-refractivity contribution in [2.24, 2.45) is 0 Å². The Kier molecular flexibility index (Phi) is 2.99. The van der Waals surface area contributed by atoms with Gasteiger partial charge in [-0.15, -0.1) is 0 Å². The van der Waals surface area contributed by atoms with E-state index in [0.717, 1.165) is 30.9 Å². The van der Waals surface area contributed by atoms with Gasteiger partial charge >= 0.3 is 6.03 Å². The topological polar surface area (TPSA) is 41.6 Å². The molecule has 0 aromatic heterocycles. The van der Waals surface area contributed by atoms with Crippen LogP contribution in [0.5, 0.6) is 5.75 Å². The number of para-hydroxylation sites is 1. The molecule has 1 N–H and O–H groups in total. The van der Waals surface area contributed by atoms with Gasteiger partial charge in [0.15, 0.2) is 0 Å². The molecule has 16 heavy (non-hydrogen) atoms. The Morgan fingerprint density at radius 1 is 1.44 bits per heavy atom. The number of aryl methyl sites for hydroxylation is 1. The number of ether oxygens (including phenoxy) is 1. The molecule has 0 spiro atoms. The molecule has 1 aliphatic heterocycles. The first kappa shape index (κ1) is 10.8. The first-order valence-corrected chi connectivity index (χ1v) is 5.41. The van der Waals surface area contributed by atoms with E-state index in [1.54, 1.807) is 14.1 Å². The highest BCUT2D eigenvalue weighted by molar-refractivity contribution is 5.91. The Morgan fingerprint density at radius 2 is 2.25 bits per heavy atom. The van der Waals surface area contributed by atoms with E-state index in [4.69, 9.17) is 4.74 Å². The maximum absolute atomic E-state index is 11.6. The lowest BCUT2D eigenvalue weighted by Crippen LogP contribution is -2.27. The highest BCUT2D eigenvalue weighted by Crippen LogP contribution is 2.32. The van der Waals surface area contributed by atoms with Gasteiger partial charge < -0.3 is 15.0 Å². The summed E-state index contributed by atoms with van der Waals surface area (Å²) in [6.45, 7) is 0.724. The van der Waals surface area contributed by atoms with Gasteiger partial charge in [0.1, 0.15) is 5.75 Å². The van der Waals surface area contributed by atoms with E-state index in [-0.39, 0.29) is 6.03 Å². The van der Waals surface area contributed by atoms with Crippen LogP contribution in [0.1, 0.15) is 12.0 Å². The number of hydrogen-bond donors (Lipinski definition) is 1. The fraction of sp³-hybridized carbons (Fsp3) is 0.417. The zero-order chi connectivity index (χ0) is 11.5. The number of anilines is 1. The SMILES string of the molecule is CN(C)C(=O)Nc1cccc2c1OCCC2. The molecule has 0 bridgehead atoms. The Morgan fingerprint density at radius 3 is 3.00 bits per heavy atom. The monoisotopic (exact) mass is 220 g/mol. The molecule has 0 unspecified atom stereocenters. The number of nitrogens with one attached hydrogen (secondary N) is 1. The maximum atomic E-state index is 11.6. The minimum absolute atomic E-state index is 0.137. The van der Waals surface area contributed by atoms with Crippen LogP contribution in [0.2, 0.25) is 0 Å². The summed E-state index contributed by atoms with van der Waals surface area (Å²) >= 11 is 0. The Balaban J connectivity index is 2.24. The average molecular weight is 220 g/mol. The summed E-state index contributed by atoms with van der Waals surface area (Å²) in [5.74, 6) is 0.823. The fourth-order valence-electron chi connectivity index (χ4n) is 1.71. The number of benzene rings is 1. The number of nitrogens with zero attached hydrogens (tertiary/aromatic N) is 1. The zero-order valence-electron chi connectivity index (χ0n) is 9.62. The van der Waals surface area contributed by atoms with Crippen LogP contribution in [0.3, 0.4) is 0 Å². The lowest BCUT2D eigenvalue weighted by atomic mass is 10.1. The number of carbonyl (C=O) groups excluding carboxylic acids is 1. The Hall–Kier alpha value is -1.71. The van der Waals surface area contributed by atoms with E-state index in [1.807, 2.05) is 18.2 Å². The van der Waals surface area contributed by atoms with Crippen LogP contribution in [0.4, 0.5) is 10.5 Å². The van der Waals surface area contributed by atoms with Crippen molar-refractivity contribution in [3.63, 3.8) is 0 Å². The quantitative estimate of drug-likeness (QED) is 0.787. The minimum atomic E-state index is -0.137. The number of hydrogen-bond acceptors (Lipinski definition) is 2. The van der Waals surface area contributed by atoms with Crippen LogP contribution >= 0.6 is 0 Å². The summed E-state index contributed by atoms with van der Waals surface area (Å²) in [7, 11) is 3.43. The van der Waals surface area contributed by atoms with Gasteiger partial charge in [-0.05, 0) is 24.5 Å². The van der Waals surface area contributed by atoms with Crippen LogP contribution < -0.4 is 10.1 Å². The fourth-order valence-corrected chi connectivity index (χ4v) is 1.71. The molecule has 0 saturated carbocycles. The molecule has 0 radical (unpaired) electrons. The second-order valence-corrected chi connectivity index (χ2v) is 4.07. The number of amides is 2. The highest BCUT2D eigenvalue weighted by atomic mass is 16.5. The van der Waals surface area contributed by atoms with Gasteiger partial charge in [0.2, 0.25) is 0 Å². The number of carbonyl (C=O) groups is 1. The summed E-state index contributed by atoms with van der Waals surface area (Å²) in [5, 5.41) is 2.83. The van der Waals surface area contributed by atoms with Gasteiger partial charge in [-0.3, -0.25) is 0 Å². The molecule has 1 heterocycles. The van der Waals surface area contributed by atoms with Gasteiger partial charge in [0.05, 0.1) is 12.3 Å². The van der Waals surface area contributed by atoms with Crippen molar-refractivity contribution in [3.8, 4) is 5.75 Å². The first-order chi connectivity index (χ1) is 7.68. The summed E-state index contributed by atoms with van der Waals surface area (Å²) in [6.07, 6.45) is 2.05. The second-order valence-electron chi connectivity index (χ2n) is 4.07. The maximum Gasteiger partial charge on any atom is 0.321 e. The molecule has 2 amide bonds. The van der Waals surface area contributed by atoms with E-state index < -0.39 is 0 Å². The third-order valence-electron chi connectivity index (χ3n) is 2.58. The van der Waals surface area contributed by atoms with Crippen LogP contribution in [0.15, 0.2) is 18.2 Å². The van der Waals surface area contributed by atoms with Gasteiger partial charge in [0, 0.05) is 14.1 Å². The highest BCUT2D eigenvalue weighted by Gasteiger charge is 2.16. The van der Waals surface area contributed by atoms with Crippen LogP contribution in [-0.2, 0) is 6.42 Å². The predicted octanol–water partition coefficient (Wildman–Crippen LogP) is 2.11. The van der Waals surface area contributed by atoms with Crippen molar-refractivity contribution in [3.05, 3.63) is 23.8 Å². The van der Waals surface area contributed by atoms with E-state index in [2.05, 4.69) is 5.32 Å². The number of fused-ring (bicyclic) bond motifs is 1. The number of urea groups is 1. The standard InChI is InChI=1S/C12H16N2O2/c1-14(2)12(15)13-10-7-3-5-9-6-4-8-16-11(9)10/h3,5,7H,4,6,8H2,1-2H3,(H,13,15). The molecule has 2 rings (SSSR count). The summed E-state index contributed by atoms with van der Waals surface area (Å²) in [5.41, 5.74) is 1.93. The zero-order valence-corrected chi connectivity index (χ0v) is 9.62. The first-order valence-electron chi connectivity index (χ1n) is 5.41. The lowest BCUT2D eigenvalue weighted by Gasteiger charge is -2.21. The third kappa shape index (κ3) is 2.10. The molecule has 0 saturated heterocycles. The van der Waals surface area contributed by atoms with E-state index in [1.165, 1.54) is 10.5 Å². The van der Waals surface area contributed by atoms with Crippen LogP contribution in [0, 0.1) is 0 Å². The molecule has 0 atom stereocenters. The van der Waals surface area contributed by atoms with Crippen molar-refractivity contribution in [2.45, 2.75) is 12.8 Å². The van der Waals surface area contributed by atoms with Gasteiger partial charge in [-0.25, -0.2) is 4.79 Å². The molecular weight excluding hydrogens is 204 g/mol. The van der Waals surface area contributed by atoms with E-state index in [0.29, 0.717) is 0 Å². The second kappa shape index (κ2) is 4.43. The molecule has 1 aromatic carbocycles. The Labute approximate surface area is 95.2 Å². The molecule has 4 nitrogen and oxygen atoms in total. The molecule has 0 aliphatic carbocycles. The van der Waals surface area contributed by atoms with Crippen molar-refractivity contribution in [1.82, 2.24) is 4.90 Å². The molecule has 1 aliphatic rings. The molecule has 86 valence electrons. The van der Waals surface area contributed by atoms with Crippen LogP contribution in [-0.4, -0.2) is 31.6 Å². The summed E-state index contributed by atoms with van der Waals surface area (Å²) in [4.78, 5) is 13.1. The Bertz CT molecular complexity index is 402. The van der Waals surface area contributed by atoms with Crippen molar-refractivity contribution in [1.29, 1.82) is 0 Å². The average Bonchev–Trinajstić information content (AvgIpc) is 2.29. The molecule has 1 aromatic rings. The van der Waals surface area contributed by atoms with Gasteiger partial charge in [0.25, 0.3) is 0 Å². The molecular formula is C12H16N2O2. The minimum Gasteiger partial charge on any atom is -0.491 e. The smallest absolute Gasteiger partial charge is 0.321 e. The normalized spacial score (nSPS) is 13.6.